The maximum atomic E-state index is 12.8. The van der Waals surface area contributed by atoms with Gasteiger partial charge in [0.25, 0.3) is 0 Å². The molecule has 12 heteroatoms. The predicted octanol–water partition coefficient (Wildman–Crippen LogP) is 3.93. The maximum absolute atomic E-state index is 12.8. The van der Waals surface area contributed by atoms with Gasteiger partial charge in [0.2, 0.25) is 5.91 Å². The van der Waals surface area contributed by atoms with Gasteiger partial charge in [0.15, 0.2) is 5.65 Å². The number of aromatic nitrogens is 7. The van der Waals surface area contributed by atoms with Crippen LogP contribution in [-0.2, 0) is 11.3 Å². The number of carbonyl (C=O) groups is 2. The van der Waals surface area contributed by atoms with Gasteiger partial charge < -0.3 is 9.72 Å². The Hall–Kier alpha value is -5.00. The summed E-state index contributed by atoms with van der Waals surface area (Å²) in [5.41, 5.74) is 5.04. The minimum atomic E-state index is -0.330. The van der Waals surface area contributed by atoms with Crippen molar-refractivity contribution in [3.63, 3.8) is 0 Å². The first-order valence-corrected chi connectivity index (χ1v) is 14.2. The number of anilines is 2. The number of rotatable bonds is 7. The smallest absolute Gasteiger partial charge is 0.331 e. The number of amides is 3. The van der Waals surface area contributed by atoms with E-state index in [9.17, 15) is 9.59 Å². The van der Waals surface area contributed by atoms with Crippen LogP contribution in [-0.4, -0.2) is 64.7 Å². The molecule has 1 saturated heterocycles. The van der Waals surface area contributed by atoms with Crippen LogP contribution in [0.5, 0.6) is 0 Å². The molecule has 3 amide bonds. The van der Waals surface area contributed by atoms with Gasteiger partial charge in [-0.1, -0.05) is 0 Å². The molecule has 0 bridgehead atoms. The fourth-order valence-corrected chi connectivity index (χ4v) is 5.67. The zero-order valence-electron chi connectivity index (χ0n) is 23.2. The molecule has 6 heterocycles. The number of aryl methyl sites for hydroxylation is 1. The Labute approximate surface area is 240 Å². The van der Waals surface area contributed by atoms with Crippen molar-refractivity contribution in [1.82, 2.24) is 39.2 Å². The van der Waals surface area contributed by atoms with Gasteiger partial charge in [0.05, 0.1) is 23.4 Å². The van der Waals surface area contributed by atoms with Gasteiger partial charge in [-0.15, -0.1) is 0 Å². The number of likely N-dealkylation sites (N-methyl/N-ethyl adjacent to an activating group) is 1. The van der Waals surface area contributed by atoms with Gasteiger partial charge in [-0.3, -0.25) is 14.6 Å². The van der Waals surface area contributed by atoms with E-state index in [1.165, 1.54) is 11.9 Å². The highest BCUT2D eigenvalue weighted by Crippen LogP contribution is 2.52. The Kier molecular flexibility index (Phi) is 5.46. The van der Waals surface area contributed by atoms with E-state index in [2.05, 4.69) is 31.4 Å². The van der Waals surface area contributed by atoms with Crippen molar-refractivity contribution in [2.75, 3.05) is 23.8 Å². The van der Waals surface area contributed by atoms with Crippen LogP contribution in [0, 0.1) is 6.92 Å². The number of urea groups is 1. The maximum Gasteiger partial charge on any atom is 0.331 e. The lowest BCUT2D eigenvalue weighted by atomic mass is 10.1. The molecule has 12 nitrogen and oxygen atoms in total. The highest BCUT2D eigenvalue weighted by atomic mass is 16.2. The minimum Gasteiger partial charge on any atom is -0.364 e. The van der Waals surface area contributed by atoms with E-state index >= 15 is 0 Å². The number of pyridine rings is 2. The summed E-state index contributed by atoms with van der Waals surface area (Å²) in [5, 5.41) is 4.24. The first-order valence-electron chi connectivity index (χ1n) is 14.2. The summed E-state index contributed by atoms with van der Waals surface area (Å²) in [5.74, 6) is 3.05. The van der Waals surface area contributed by atoms with E-state index in [0.29, 0.717) is 29.6 Å². The molecule has 1 N–H and O–H groups in total. The molecule has 3 fully saturated rings. The molecule has 8 rings (SSSR count). The van der Waals surface area contributed by atoms with Gasteiger partial charge in [-0.25, -0.2) is 34.7 Å². The summed E-state index contributed by atoms with van der Waals surface area (Å²) in [4.78, 5) is 55.6. The third-order valence-corrected chi connectivity index (χ3v) is 8.33. The highest BCUT2D eigenvalue weighted by Gasteiger charge is 2.44. The molecule has 2 saturated carbocycles. The first-order chi connectivity index (χ1) is 20.4. The van der Waals surface area contributed by atoms with Crippen LogP contribution >= 0.6 is 0 Å². The number of imide groups is 1. The predicted molar refractivity (Wildman–Crippen MR) is 154 cm³/mol. The monoisotopic (exact) mass is 560 g/mol. The molecule has 3 aliphatic rings. The van der Waals surface area contributed by atoms with Crippen LogP contribution in [0.2, 0.25) is 0 Å². The zero-order valence-corrected chi connectivity index (χ0v) is 23.2. The van der Waals surface area contributed by atoms with Crippen molar-refractivity contribution in [2.24, 2.45) is 0 Å². The lowest BCUT2D eigenvalue weighted by molar-refractivity contribution is -0.123. The van der Waals surface area contributed by atoms with Gasteiger partial charge in [0.1, 0.15) is 24.0 Å². The average Bonchev–Trinajstić information content (AvgIpc) is 3.92. The normalized spacial score (nSPS) is 20.2. The second-order valence-corrected chi connectivity index (χ2v) is 11.4. The van der Waals surface area contributed by atoms with Gasteiger partial charge in [-0.2, -0.15) is 0 Å². The Morgan fingerprint density at radius 3 is 2.55 bits per heavy atom. The van der Waals surface area contributed by atoms with Crippen molar-refractivity contribution < 1.29 is 9.59 Å². The van der Waals surface area contributed by atoms with Crippen LogP contribution in [0.15, 0.2) is 49.2 Å². The van der Waals surface area contributed by atoms with Gasteiger partial charge >= 0.3 is 6.03 Å². The van der Waals surface area contributed by atoms with Crippen molar-refractivity contribution in [1.29, 1.82) is 0 Å². The topological polar surface area (TPSA) is 134 Å². The van der Waals surface area contributed by atoms with E-state index in [0.717, 1.165) is 63.7 Å². The quantitative estimate of drug-likeness (QED) is 0.294. The van der Waals surface area contributed by atoms with E-state index in [-0.39, 0.29) is 30.3 Å². The fourth-order valence-electron chi connectivity index (χ4n) is 5.67. The third kappa shape index (κ3) is 4.30. The fraction of sp³-hybridized carbons (Fsp3) is 0.333. The van der Waals surface area contributed by atoms with Crippen LogP contribution in [0.25, 0.3) is 16.6 Å². The SMILES string of the molecule is Cc1ccnc([C@H]2C[C@@H]2c2ncc3cnc(NCc4cn5cc(C6CC6)cc(N6CC(=O)N(C)C6=O)c5n4)cc3n2)n1. The molecule has 2 aliphatic carbocycles. The highest BCUT2D eigenvalue weighted by molar-refractivity contribution is 6.13. The average molecular weight is 561 g/mol. The standard InChI is InChI=1S/C30H28N10O2/c1-16-5-6-31-27(35-16)21-8-22(21)28-34-11-19-10-32-25(9-23(19)37-28)33-12-20-14-39-13-18(17-3-4-17)7-24(29(39)36-20)40-15-26(41)38(2)30(40)42/h5-7,9-11,13-14,17,21-22H,3-4,8,12,15H2,1-2H3,(H,32,33)/t21-,22-/m0/s1. The molecule has 210 valence electrons. The Bertz CT molecular complexity index is 1920. The van der Waals surface area contributed by atoms with Gasteiger partial charge in [-0.05, 0) is 49.8 Å². The second kappa shape index (κ2) is 9.26. The number of imidazole rings is 1. The molecule has 42 heavy (non-hydrogen) atoms. The lowest BCUT2D eigenvalue weighted by Gasteiger charge is -2.17. The molecule has 1 aliphatic heterocycles. The summed E-state index contributed by atoms with van der Waals surface area (Å²) in [6.07, 6.45) is 12.6. The van der Waals surface area contributed by atoms with Crippen LogP contribution in [0.1, 0.15) is 65.6 Å². The first kappa shape index (κ1) is 24.8. The van der Waals surface area contributed by atoms with Crippen molar-refractivity contribution in [3.05, 3.63) is 77.8 Å². The summed E-state index contributed by atoms with van der Waals surface area (Å²) < 4.78 is 1.97. The molecule has 5 aromatic heterocycles. The van der Waals surface area contributed by atoms with E-state index in [4.69, 9.17) is 9.97 Å². The van der Waals surface area contributed by atoms with Crippen molar-refractivity contribution >= 4 is 40.0 Å². The number of fused-ring (bicyclic) bond motifs is 2. The molecular formula is C30H28N10O2. The largest absolute Gasteiger partial charge is 0.364 e. The number of nitrogens with one attached hydrogen (secondary N) is 1. The summed E-state index contributed by atoms with van der Waals surface area (Å²) in [6.45, 7) is 2.42. The molecule has 0 unspecified atom stereocenters. The molecule has 0 spiro atoms. The Balaban J connectivity index is 1.04. The molecule has 0 radical (unpaired) electrons. The number of hydrogen-bond acceptors (Lipinski definition) is 9. The lowest BCUT2D eigenvalue weighted by Crippen LogP contribution is -2.30. The van der Waals surface area contributed by atoms with E-state index in [1.54, 1.807) is 12.4 Å². The third-order valence-electron chi connectivity index (χ3n) is 8.33. The summed E-state index contributed by atoms with van der Waals surface area (Å²) >= 11 is 0. The van der Waals surface area contributed by atoms with Gasteiger partial charge in [0, 0.05) is 67.0 Å². The second-order valence-electron chi connectivity index (χ2n) is 11.4. The Morgan fingerprint density at radius 1 is 0.976 bits per heavy atom. The van der Waals surface area contributed by atoms with Crippen molar-refractivity contribution in [3.8, 4) is 0 Å². The Morgan fingerprint density at radius 2 is 1.79 bits per heavy atom. The molecule has 2 atom stereocenters. The van der Waals surface area contributed by atoms with Crippen LogP contribution in [0.4, 0.5) is 16.3 Å². The van der Waals surface area contributed by atoms with Crippen LogP contribution < -0.4 is 10.2 Å². The number of hydrogen-bond donors (Lipinski definition) is 1. The zero-order chi connectivity index (χ0) is 28.5. The van der Waals surface area contributed by atoms with E-state index in [1.807, 2.05) is 41.9 Å². The molecule has 5 aromatic rings. The summed E-state index contributed by atoms with van der Waals surface area (Å²) in [6, 6.07) is 5.51. The number of carbonyl (C=O) groups excluding carboxylic acids is 2. The minimum absolute atomic E-state index is 0.0179. The number of nitrogens with zero attached hydrogens (tertiary/aromatic N) is 9. The molecular weight excluding hydrogens is 532 g/mol. The van der Waals surface area contributed by atoms with Crippen LogP contribution in [0.3, 0.4) is 0 Å². The van der Waals surface area contributed by atoms with Crippen molar-refractivity contribution in [2.45, 2.75) is 50.5 Å². The van der Waals surface area contributed by atoms with E-state index < -0.39 is 0 Å². The molecule has 0 aromatic carbocycles. The summed E-state index contributed by atoms with van der Waals surface area (Å²) in [7, 11) is 1.51.